The van der Waals surface area contributed by atoms with Crippen LogP contribution in [0.5, 0.6) is 0 Å². The fourth-order valence-corrected chi connectivity index (χ4v) is 13.1. The molecular weight excluding hydrogens is 669 g/mol. The highest BCUT2D eigenvalue weighted by atomic mass is 32.3. The number of ether oxygens (including phenoxy) is 2. The molecule has 4 aromatic rings. The number of nitrogens with zero attached hydrogens (tertiary/aromatic N) is 2. The van der Waals surface area contributed by atoms with E-state index in [1.54, 1.807) is 98.8 Å². The summed E-state index contributed by atoms with van der Waals surface area (Å²) in [6.45, 7) is 7.23. The lowest BCUT2D eigenvalue weighted by molar-refractivity contribution is 0.409. The van der Waals surface area contributed by atoms with Crippen molar-refractivity contribution in [3.05, 3.63) is 120 Å². The number of epoxide rings is 2. The number of benzene rings is 4. The van der Waals surface area contributed by atoms with Gasteiger partial charge in [-0.3, -0.25) is 0 Å². The lowest BCUT2D eigenvalue weighted by atomic mass is 10.2. The highest BCUT2D eigenvalue weighted by molar-refractivity contribution is 8.04. The molecule has 10 nitrogen and oxygen atoms in total. The quantitative estimate of drug-likeness (QED) is 0.206. The Labute approximate surface area is 271 Å². The van der Waals surface area contributed by atoms with Gasteiger partial charge >= 0.3 is 0 Å². The molecule has 244 valence electrons. The molecular formula is C32H34N2O8S4. The third-order valence-corrected chi connectivity index (χ3v) is 16.4. The van der Waals surface area contributed by atoms with Gasteiger partial charge in [0.15, 0.2) is 10.9 Å². The van der Waals surface area contributed by atoms with Crippen LogP contribution in [-0.4, -0.2) is 48.3 Å². The summed E-state index contributed by atoms with van der Waals surface area (Å²) < 4.78 is 95.2. The van der Waals surface area contributed by atoms with Crippen LogP contribution in [0.2, 0.25) is 0 Å². The first-order chi connectivity index (χ1) is 21.7. The summed E-state index contributed by atoms with van der Waals surface area (Å²) in [6.07, 6.45) is -0.556. The Kier molecular flexibility index (Phi) is 9.60. The van der Waals surface area contributed by atoms with Gasteiger partial charge in [-0.1, -0.05) is 79.3 Å². The summed E-state index contributed by atoms with van der Waals surface area (Å²) in [7, 11) is -14.5. The summed E-state index contributed by atoms with van der Waals surface area (Å²) in [4.78, 5) is 0.787. The van der Waals surface area contributed by atoms with Gasteiger partial charge < -0.3 is 9.47 Å². The molecule has 0 aromatic heterocycles. The Hall–Kier alpha value is -3.40. The second kappa shape index (κ2) is 13.0. The van der Waals surface area contributed by atoms with E-state index in [9.17, 15) is 25.3 Å². The molecule has 2 aliphatic rings. The molecule has 0 spiro atoms. The lowest BCUT2D eigenvalue weighted by Gasteiger charge is -2.08. The van der Waals surface area contributed by atoms with E-state index in [0.29, 0.717) is 9.79 Å². The van der Waals surface area contributed by atoms with Crippen molar-refractivity contribution in [2.75, 3.05) is 0 Å². The molecule has 6 atom stereocenters. The molecule has 0 radical (unpaired) electrons. The van der Waals surface area contributed by atoms with E-state index < -0.39 is 50.4 Å². The molecule has 2 fully saturated rings. The highest BCUT2D eigenvalue weighted by Gasteiger charge is 2.47. The first kappa shape index (κ1) is 33.9. The van der Waals surface area contributed by atoms with Crippen LogP contribution in [0.15, 0.2) is 136 Å². The third kappa shape index (κ3) is 7.42. The number of hydrogen-bond acceptors (Lipinski definition) is 8. The summed E-state index contributed by atoms with van der Waals surface area (Å²) in [5, 5.41) is 0. The van der Waals surface area contributed by atoms with Crippen LogP contribution in [0, 0.1) is 13.8 Å². The van der Waals surface area contributed by atoms with Crippen molar-refractivity contribution in [2.45, 2.75) is 70.4 Å². The van der Waals surface area contributed by atoms with Crippen LogP contribution in [0.3, 0.4) is 0 Å². The minimum atomic E-state index is -4.04. The predicted molar refractivity (Wildman–Crippen MR) is 176 cm³/mol. The molecule has 0 bridgehead atoms. The van der Waals surface area contributed by atoms with Gasteiger partial charge in [0.2, 0.25) is 0 Å². The van der Waals surface area contributed by atoms with Crippen molar-refractivity contribution in [3.63, 3.8) is 0 Å². The molecule has 46 heavy (non-hydrogen) atoms. The number of rotatable bonds is 8. The van der Waals surface area contributed by atoms with Crippen molar-refractivity contribution >= 4 is 39.5 Å². The zero-order valence-electron chi connectivity index (χ0n) is 25.5. The van der Waals surface area contributed by atoms with Gasteiger partial charge in [0.25, 0.3) is 20.0 Å². The maximum atomic E-state index is 13.3. The van der Waals surface area contributed by atoms with Gasteiger partial charge in [0.1, 0.15) is 19.5 Å². The summed E-state index contributed by atoms with van der Waals surface area (Å²) in [5.74, 6) is 0. The average molecular weight is 703 g/mol. The van der Waals surface area contributed by atoms with Crippen molar-refractivity contribution in [3.8, 4) is 0 Å². The standard InChI is InChI=1S/2C16H17NO4S2/c2*1-12-8-10-15(11-9-12)23(19,20)17-22(18,16-13(2)21-16)14-6-4-3-5-7-14/h2*3-11,13,16H,1-2H3/t2*13-,16-,22-/m00/s1. The largest absolute Gasteiger partial charge is 0.354 e. The summed E-state index contributed by atoms with van der Waals surface area (Å²) in [6, 6.07) is 29.4. The van der Waals surface area contributed by atoms with Crippen LogP contribution in [0.25, 0.3) is 0 Å². The average Bonchev–Trinajstić information content (AvgIpc) is 3.96. The molecule has 2 aliphatic heterocycles. The van der Waals surface area contributed by atoms with E-state index in [4.69, 9.17) is 9.47 Å². The molecule has 2 saturated heterocycles. The van der Waals surface area contributed by atoms with E-state index in [0.717, 1.165) is 11.1 Å². The van der Waals surface area contributed by atoms with Gasteiger partial charge in [-0.15, -0.1) is 0 Å². The lowest BCUT2D eigenvalue weighted by Crippen LogP contribution is -2.13. The molecule has 0 aliphatic carbocycles. The van der Waals surface area contributed by atoms with E-state index in [1.165, 1.54) is 24.3 Å². The van der Waals surface area contributed by atoms with Crippen molar-refractivity contribution in [2.24, 2.45) is 7.54 Å². The van der Waals surface area contributed by atoms with E-state index in [-0.39, 0.29) is 22.0 Å². The molecule has 2 heterocycles. The van der Waals surface area contributed by atoms with Gasteiger partial charge in [0, 0.05) is 0 Å². The van der Waals surface area contributed by atoms with Crippen LogP contribution >= 0.6 is 0 Å². The zero-order chi connectivity index (χ0) is 33.3. The van der Waals surface area contributed by atoms with E-state index >= 15 is 0 Å². The maximum absolute atomic E-state index is 13.3. The zero-order valence-corrected chi connectivity index (χ0v) is 28.8. The molecule has 6 rings (SSSR count). The molecule has 4 aromatic carbocycles. The number of hydrogen-bond donors (Lipinski definition) is 0. The molecule has 0 amide bonds. The third-order valence-electron chi connectivity index (χ3n) is 7.16. The van der Waals surface area contributed by atoms with Crippen molar-refractivity contribution in [1.29, 1.82) is 0 Å². The Morgan fingerprint density at radius 2 is 0.739 bits per heavy atom. The Balaban J connectivity index is 0.000000181. The minimum absolute atomic E-state index is 0.0278. The SMILES string of the molecule is Cc1ccc(S(=O)(=O)N=[S@](=O)(c2ccccc2)[C@@H]2O[C@H]2C)cc1.Cc1ccc(S(=O)(=O)N=[S@](=O)(c2ccccc2)[C@@H]2O[C@H]2C)cc1. The molecule has 0 N–H and O–H groups in total. The van der Waals surface area contributed by atoms with Crippen LogP contribution in [0.4, 0.5) is 0 Å². The Bertz CT molecular complexity index is 2010. The van der Waals surface area contributed by atoms with Gasteiger partial charge in [0.05, 0.1) is 31.8 Å². The normalized spacial score (nSPS) is 23.0. The maximum Gasteiger partial charge on any atom is 0.290 e. The molecule has 0 saturated carbocycles. The van der Waals surface area contributed by atoms with Gasteiger partial charge in [-0.05, 0) is 76.2 Å². The predicted octanol–water partition coefficient (Wildman–Crippen LogP) is 5.91. The van der Waals surface area contributed by atoms with E-state index in [1.807, 2.05) is 13.8 Å². The Morgan fingerprint density at radius 1 is 0.457 bits per heavy atom. The highest BCUT2D eigenvalue weighted by Crippen LogP contribution is 2.36. The smallest absolute Gasteiger partial charge is 0.290 e. The molecule has 0 unspecified atom stereocenters. The first-order valence-electron chi connectivity index (χ1n) is 14.2. The van der Waals surface area contributed by atoms with Crippen molar-refractivity contribution in [1.82, 2.24) is 0 Å². The van der Waals surface area contributed by atoms with Gasteiger partial charge in [-0.25, -0.2) is 8.42 Å². The van der Waals surface area contributed by atoms with E-state index in [2.05, 4.69) is 7.54 Å². The monoisotopic (exact) mass is 702 g/mol. The topological polar surface area (TPSA) is 152 Å². The second-order valence-electron chi connectivity index (χ2n) is 10.9. The van der Waals surface area contributed by atoms with Crippen molar-refractivity contribution < 1.29 is 34.7 Å². The first-order valence-corrected chi connectivity index (χ1v) is 20.3. The Morgan fingerprint density at radius 3 is 1.00 bits per heavy atom. The van der Waals surface area contributed by atoms with Crippen LogP contribution < -0.4 is 0 Å². The number of aryl methyl sites for hydroxylation is 2. The molecule has 14 heteroatoms. The minimum Gasteiger partial charge on any atom is -0.354 e. The second-order valence-corrected chi connectivity index (χ2v) is 19.1. The van der Waals surface area contributed by atoms with Gasteiger partial charge in [-0.2, -0.15) is 16.8 Å². The van der Waals surface area contributed by atoms with Crippen LogP contribution in [0.1, 0.15) is 25.0 Å². The summed E-state index contributed by atoms with van der Waals surface area (Å²) in [5.41, 5.74) is 0.467. The fourth-order valence-electron chi connectivity index (χ4n) is 4.47. The van der Waals surface area contributed by atoms with Crippen LogP contribution in [-0.2, 0) is 49.0 Å². The fraction of sp³-hybridized carbons (Fsp3) is 0.250. The summed E-state index contributed by atoms with van der Waals surface area (Å²) >= 11 is 0. The number of sulfonamides is 2.